The molecule has 0 saturated carbocycles. The Kier molecular flexibility index (Phi) is 5.83. The molecule has 3 aliphatic heterocycles. The van der Waals surface area contributed by atoms with E-state index in [2.05, 4.69) is 31.4 Å². The molecule has 5 heterocycles. The molecule has 6 bridgehead atoms. The minimum absolute atomic E-state index is 0.162. The van der Waals surface area contributed by atoms with Crippen LogP contribution >= 0.6 is 0 Å². The fraction of sp³-hybridized carbons (Fsp3) is 0.214. The summed E-state index contributed by atoms with van der Waals surface area (Å²) < 4.78 is 27.3. The standard InChI is InChI=1S/C28H26N6O3S/c1-18-6-11-24-26(13-18)33-12-4-3-5-20-7-9-23(10-8-20)38(36,37)34-17-22(16-29-34)25-15-21(14-19(2)30-25)27(35)32-28(33)31-24/h6-11,13-17H,3-5,12H2,1-2H3,(H,31,32,35). The van der Waals surface area contributed by atoms with E-state index in [0.29, 0.717) is 35.0 Å². The number of aliphatic imine (C=N–C) groups is 1. The van der Waals surface area contributed by atoms with E-state index >= 15 is 0 Å². The van der Waals surface area contributed by atoms with Crippen molar-refractivity contribution in [3.8, 4) is 11.3 Å². The molecule has 4 aromatic rings. The van der Waals surface area contributed by atoms with Gasteiger partial charge in [-0.2, -0.15) is 22.6 Å². The molecule has 9 nitrogen and oxygen atoms in total. The van der Waals surface area contributed by atoms with Crippen molar-refractivity contribution in [2.75, 3.05) is 16.8 Å². The Hall–Kier alpha value is -4.31. The third-order valence-electron chi connectivity index (χ3n) is 6.77. The first-order chi connectivity index (χ1) is 18.3. The second-order valence-corrected chi connectivity index (χ2v) is 11.4. The zero-order valence-corrected chi connectivity index (χ0v) is 21.9. The van der Waals surface area contributed by atoms with Crippen LogP contribution in [-0.2, 0) is 16.4 Å². The highest BCUT2D eigenvalue weighted by Gasteiger charge is 2.27. The average molecular weight is 527 g/mol. The number of guanidine groups is 1. The summed E-state index contributed by atoms with van der Waals surface area (Å²) in [7, 11) is -3.87. The van der Waals surface area contributed by atoms with Gasteiger partial charge in [0.05, 0.1) is 34.4 Å². The van der Waals surface area contributed by atoms with Crippen molar-refractivity contribution in [1.82, 2.24) is 14.2 Å². The predicted octanol–water partition coefficient (Wildman–Crippen LogP) is 4.56. The summed E-state index contributed by atoms with van der Waals surface area (Å²) in [6, 6.07) is 16.4. The number of anilines is 2. The Labute approximate surface area is 220 Å². The van der Waals surface area contributed by atoms with E-state index in [1.807, 2.05) is 31.2 Å². The first kappa shape index (κ1) is 24.1. The highest BCUT2D eigenvalue weighted by atomic mass is 32.2. The summed E-state index contributed by atoms with van der Waals surface area (Å²) in [6.45, 7) is 4.50. The first-order valence-corrected chi connectivity index (χ1v) is 13.9. The smallest absolute Gasteiger partial charge is 0.282 e. The summed E-state index contributed by atoms with van der Waals surface area (Å²) in [5, 5.41) is 7.41. The molecule has 0 fully saturated rings. The number of amides is 1. The van der Waals surface area contributed by atoms with Gasteiger partial charge in [0, 0.05) is 23.4 Å². The number of hydrogen-bond donors (Lipinski definition) is 1. The number of benzene rings is 2. The molecule has 192 valence electrons. The lowest BCUT2D eigenvalue weighted by molar-refractivity contribution is 0.100. The van der Waals surface area contributed by atoms with Crippen LogP contribution in [0.5, 0.6) is 0 Å². The van der Waals surface area contributed by atoms with Crippen LogP contribution in [0.3, 0.4) is 0 Å². The number of nitrogens with zero attached hydrogens (tertiary/aromatic N) is 5. The molecule has 0 aliphatic carbocycles. The quantitative estimate of drug-likeness (QED) is 0.358. The van der Waals surface area contributed by atoms with Gasteiger partial charge in [0.15, 0.2) is 0 Å². The van der Waals surface area contributed by atoms with E-state index in [4.69, 9.17) is 0 Å². The summed E-state index contributed by atoms with van der Waals surface area (Å²) >= 11 is 0. The number of carbonyl (C=O) groups is 1. The summed E-state index contributed by atoms with van der Waals surface area (Å²) in [5.74, 6) is 0.0806. The minimum Gasteiger partial charge on any atom is -0.324 e. The van der Waals surface area contributed by atoms with Gasteiger partial charge < -0.3 is 10.2 Å². The molecule has 2 aromatic carbocycles. The van der Waals surface area contributed by atoms with Crippen molar-refractivity contribution < 1.29 is 13.2 Å². The Balaban J connectivity index is 1.45. The molecule has 7 rings (SSSR count). The zero-order chi connectivity index (χ0) is 26.4. The Morgan fingerprint density at radius 1 is 0.947 bits per heavy atom. The summed E-state index contributed by atoms with van der Waals surface area (Å²) in [5.41, 5.74) is 5.99. The SMILES string of the molecule is Cc1ccc2c(c1)N1CCCCc3ccc(cc3)S(=O)(=O)n3cc(cn3)-c3cc(cc(C)n3)C(=O)/N=C/1N2. The van der Waals surface area contributed by atoms with E-state index in [1.54, 1.807) is 31.2 Å². The number of carbonyl (C=O) groups excluding carboxylic acids is 1. The maximum atomic E-state index is 13.4. The van der Waals surface area contributed by atoms with Crippen LogP contribution in [-0.4, -0.2) is 41.0 Å². The Bertz CT molecular complexity index is 1710. The van der Waals surface area contributed by atoms with E-state index < -0.39 is 15.9 Å². The van der Waals surface area contributed by atoms with Crippen molar-refractivity contribution in [3.63, 3.8) is 0 Å². The normalized spacial score (nSPS) is 17.9. The number of aryl methyl sites for hydroxylation is 3. The number of fused-ring (bicyclic) bond motifs is 7. The molecule has 1 N–H and O–H groups in total. The molecule has 2 aromatic heterocycles. The van der Waals surface area contributed by atoms with Crippen LogP contribution in [0, 0.1) is 13.8 Å². The van der Waals surface area contributed by atoms with Gasteiger partial charge in [-0.1, -0.05) is 18.2 Å². The summed E-state index contributed by atoms with van der Waals surface area (Å²) in [4.78, 5) is 24.6. The lowest BCUT2D eigenvalue weighted by atomic mass is 10.1. The van der Waals surface area contributed by atoms with E-state index in [9.17, 15) is 13.2 Å². The third-order valence-corrected chi connectivity index (χ3v) is 8.33. The number of pyridine rings is 1. The molecular weight excluding hydrogens is 500 g/mol. The van der Waals surface area contributed by atoms with Gasteiger partial charge in [0.1, 0.15) is 0 Å². The number of nitrogens with one attached hydrogen (secondary N) is 1. The van der Waals surface area contributed by atoms with Crippen LogP contribution < -0.4 is 10.2 Å². The molecule has 0 radical (unpaired) electrons. The molecule has 3 aliphatic rings. The lowest BCUT2D eigenvalue weighted by Crippen LogP contribution is -2.32. The number of hydrogen-bond acceptors (Lipinski definition) is 7. The molecule has 10 heteroatoms. The average Bonchev–Trinajstić information content (AvgIpc) is 3.52. The van der Waals surface area contributed by atoms with Crippen molar-refractivity contribution in [2.45, 2.75) is 38.0 Å². The highest BCUT2D eigenvalue weighted by molar-refractivity contribution is 7.89. The van der Waals surface area contributed by atoms with E-state index in [-0.39, 0.29) is 4.90 Å². The van der Waals surface area contributed by atoms with Gasteiger partial charge in [0.25, 0.3) is 15.9 Å². The fourth-order valence-corrected chi connectivity index (χ4v) is 5.91. The second-order valence-electron chi connectivity index (χ2n) is 9.63. The Morgan fingerprint density at radius 3 is 2.58 bits per heavy atom. The molecule has 0 saturated heterocycles. The molecule has 1 amide bonds. The van der Waals surface area contributed by atoms with E-state index in [1.165, 1.54) is 12.4 Å². The molecular formula is C28H26N6O3S. The Morgan fingerprint density at radius 2 is 1.76 bits per heavy atom. The maximum Gasteiger partial charge on any atom is 0.282 e. The van der Waals surface area contributed by atoms with Gasteiger partial charge in [-0.3, -0.25) is 9.78 Å². The molecule has 0 atom stereocenters. The topological polar surface area (TPSA) is 110 Å². The van der Waals surface area contributed by atoms with Crippen molar-refractivity contribution >= 4 is 33.3 Å². The van der Waals surface area contributed by atoms with Crippen molar-refractivity contribution in [2.24, 2.45) is 4.99 Å². The maximum absolute atomic E-state index is 13.4. The van der Waals surface area contributed by atoms with Crippen molar-refractivity contribution in [1.29, 1.82) is 0 Å². The van der Waals surface area contributed by atoms with Gasteiger partial charge in [-0.15, -0.1) is 0 Å². The van der Waals surface area contributed by atoms with E-state index in [0.717, 1.165) is 45.9 Å². The lowest BCUT2D eigenvalue weighted by Gasteiger charge is -2.19. The van der Waals surface area contributed by atoms with Gasteiger partial charge in [0.2, 0.25) is 5.96 Å². The highest BCUT2D eigenvalue weighted by Crippen LogP contribution is 2.34. The summed E-state index contributed by atoms with van der Waals surface area (Å²) in [6.07, 6.45) is 5.40. The van der Waals surface area contributed by atoms with Crippen LogP contribution in [0.25, 0.3) is 11.3 Å². The van der Waals surface area contributed by atoms with Gasteiger partial charge >= 0.3 is 0 Å². The number of aromatic nitrogens is 3. The van der Waals surface area contributed by atoms with Crippen LogP contribution in [0.15, 0.2) is 76.9 Å². The monoisotopic (exact) mass is 526 g/mol. The zero-order valence-electron chi connectivity index (χ0n) is 21.0. The van der Waals surface area contributed by atoms with Gasteiger partial charge in [-0.05, 0) is 80.6 Å². The van der Waals surface area contributed by atoms with Crippen LogP contribution in [0.4, 0.5) is 11.4 Å². The predicted molar refractivity (Wildman–Crippen MR) is 146 cm³/mol. The van der Waals surface area contributed by atoms with Crippen LogP contribution in [0.1, 0.15) is 40.0 Å². The largest absolute Gasteiger partial charge is 0.324 e. The third kappa shape index (κ3) is 4.37. The number of rotatable bonds is 0. The minimum atomic E-state index is -3.87. The fourth-order valence-electron chi connectivity index (χ4n) is 4.79. The molecule has 0 spiro atoms. The van der Waals surface area contributed by atoms with Gasteiger partial charge in [-0.25, -0.2) is 0 Å². The van der Waals surface area contributed by atoms with Crippen molar-refractivity contribution in [3.05, 3.63) is 89.4 Å². The van der Waals surface area contributed by atoms with Crippen LogP contribution in [0.2, 0.25) is 0 Å². The molecule has 38 heavy (non-hydrogen) atoms. The first-order valence-electron chi connectivity index (χ1n) is 12.4. The molecule has 0 unspecified atom stereocenters. The second kappa shape index (κ2) is 9.21.